The molecule has 2 heterocycles. The number of nitrogens with one attached hydrogen (secondary N) is 1. The summed E-state index contributed by atoms with van der Waals surface area (Å²) in [5.41, 5.74) is 1.13. The zero-order chi connectivity index (χ0) is 10.5. The number of hydrogen-bond donors (Lipinski definition) is 1. The first-order chi connectivity index (χ1) is 7.34. The maximum atomic E-state index is 5.43. The average molecular weight is 226 g/mol. The molecule has 1 aromatic heterocycles. The van der Waals surface area contributed by atoms with Gasteiger partial charge in [0.05, 0.1) is 0 Å². The molecule has 0 aromatic carbocycles. The number of nitrogens with zero attached hydrogens (tertiary/aromatic N) is 1. The molecule has 1 aliphatic heterocycles. The normalized spacial score (nSPS) is 22.6. The van der Waals surface area contributed by atoms with Crippen molar-refractivity contribution in [3.05, 3.63) is 16.1 Å². The van der Waals surface area contributed by atoms with Crippen LogP contribution < -0.4 is 5.32 Å². The monoisotopic (exact) mass is 226 g/mol. The second-order valence-corrected chi connectivity index (χ2v) is 4.95. The molecule has 1 N–H and O–H groups in total. The number of rotatable bonds is 3. The zero-order valence-electron chi connectivity index (χ0n) is 9.16. The lowest BCUT2D eigenvalue weighted by Crippen LogP contribution is -2.28. The van der Waals surface area contributed by atoms with Crippen LogP contribution in [0, 0.1) is 6.92 Å². The third-order valence-electron chi connectivity index (χ3n) is 2.66. The highest BCUT2D eigenvalue weighted by Gasteiger charge is 2.11. The molecule has 1 fully saturated rings. The third-order valence-corrected chi connectivity index (χ3v) is 3.63. The second-order valence-electron chi connectivity index (χ2n) is 4.00. The molecule has 0 radical (unpaired) electrons. The predicted molar refractivity (Wildman–Crippen MR) is 62.1 cm³/mol. The number of ether oxygens (including phenoxy) is 1. The van der Waals surface area contributed by atoms with Gasteiger partial charge in [-0.15, -0.1) is 11.3 Å². The summed E-state index contributed by atoms with van der Waals surface area (Å²) in [6.45, 7) is 4.77. The number of aromatic nitrogens is 1. The fourth-order valence-electron chi connectivity index (χ4n) is 1.82. The van der Waals surface area contributed by atoms with Gasteiger partial charge in [-0.25, -0.2) is 4.98 Å². The highest BCUT2D eigenvalue weighted by molar-refractivity contribution is 7.09. The lowest BCUT2D eigenvalue weighted by molar-refractivity contribution is 0.142. The highest BCUT2D eigenvalue weighted by Crippen LogP contribution is 2.11. The Balaban J connectivity index is 1.76. The van der Waals surface area contributed by atoms with Gasteiger partial charge in [0.1, 0.15) is 5.01 Å². The quantitative estimate of drug-likeness (QED) is 0.857. The Labute approximate surface area is 94.9 Å². The second kappa shape index (κ2) is 5.58. The standard InChI is InChI=1S/C11H18N2OS/c1-9-8-15-11(13-9)7-12-10-3-2-5-14-6-4-10/h8,10,12H,2-7H2,1H3. The average Bonchev–Trinajstić information content (AvgIpc) is 2.52. The molecule has 84 valence electrons. The fraction of sp³-hybridized carbons (Fsp3) is 0.727. The summed E-state index contributed by atoms with van der Waals surface area (Å²) in [4.78, 5) is 4.44. The molecule has 0 amide bonds. The lowest BCUT2D eigenvalue weighted by Gasteiger charge is -2.14. The van der Waals surface area contributed by atoms with Gasteiger partial charge in [0.15, 0.2) is 0 Å². The molecule has 2 rings (SSSR count). The Bertz CT molecular complexity index is 293. The maximum Gasteiger partial charge on any atom is 0.107 e. The van der Waals surface area contributed by atoms with Crippen LogP contribution in [0.4, 0.5) is 0 Å². The molecule has 3 nitrogen and oxygen atoms in total. The van der Waals surface area contributed by atoms with Gasteiger partial charge in [0.2, 0.25) is 0 Å². The molecule has 0 aliphatic carbocycles. The van der Waals surface area contributed by atoms with E-state index in [0.29, 0.717) is 6.04 Å². The Kier molecular flexibility index (Phi) is 4.11. The molecule has 4 heteroatoms. The van der Waals surface area contributed by atoms with Gasteiger partial charge >= 0.3 is 0 Å². The largest absolute Gasteiger partial charge is 0.381 e. The van der Waals surface area contributed by atoms with Crippen LogP contribution in [0.25, 0.3) is 0 Å². The van der Waals surface area contributed by atoms with E-state index in [9.17, 15) is 0 Å². The van der Waals surface area contributed by atoms with E-state index in [-0.39, 0.29) is 0 Å². The van der Waals surface area contributed by atoms with Gasteiger partial charge in [-0.1, -0.05) is 0 Å². The number of hydrogen-bond acceptors (Lipinski definition) is 4. The van der Waals surface area contributed by atoms with Crippen molar-refractivity contribution in [1.29, 1.82) is 0 Å². The van der Waals surface area contributed by atoms with Crippen LogP contribution in [0.15, 0.2) is 5.38 Å². The Morgan fingerprint density at radius 2 is 2.47 bits per heavy atom. The van der Waals surface area contributed by atoms with Crippen LogP contribution in [-0.4, -0.2) is 24.2 Å². The van der Waals surface area contributed by atoms with Crippen molar-refractivity contribution in [2.24, 2.45) is 0 Å². The molecule has 0 bridgehead atoms. The van der Waals surface area contributed by atoms with Crippen molar-refractivity contribution in [2.45, 2.75) is 38.8 Å². The first kappa shape index (κ1) is 11.0. The minimum atomic E-state index is 0.608. The first-order valence-electron chi connectivity index (χ1n) is 5.57. The van der Waals surface area contributed by atoms with Gasteiger partial charge in [-0.05, 0) is 26.2 Å². The van der Waals surface area contributed by atoms with Gasteiger partial charge in [0, 0.05) is 36.9 Å². The smallest absolute Gasteiger partial charge is 0.107 e. The fourth-order valence-corrected chi connectivity index (χ4v) is 2.55. The molecule has 1 aromatic rings. The van der Waals surface area contributed by atoms with Crippen molar-refractivity contribution in [2.75, 3.05) is 13.2 Å². The summed E-state index contributed by atoms with van der Waals surface area (Å²) < 4.78 is 5.43. The van der Waals surface area contributed by atoms with Gasteiger partial charge in [-0.2, -0.15) is 0 Å². The van der Waals surface area contributed by atoms with E-state index < -0.39 is 0 Å². The Morgan fingerprint density at radius 1 is 1.53 bits per heavy atom. The first-order valence-corrected chi connectivity index (χ1v) is 6.44. The van der Waals surface area contributed by atoms with Gasteiger partial charge < -0.3 is 10.1 Å². The van der Waals surface area contributed by atoms with Crippen LogP contribution in [0.3, 0.4) is 0 Å². The minimum Gasteiger partial charge on any atom is -0.381 e. The maximum absolute atomic E-state index is 5.43. The predicted octanol–water partition coefficient (Wildman–Crippen LogP) is 2.11. The molecule has 1 unspecified atom stereocenters. The van der Waals surface area contributed by atoms with Crippen LogP contribution in [0.2, 0.25) is 0 Å². The molecular formula is C11H18N2OS. The summed E-state index contributed by atoms with van der Waals surface area (Å²) in [5.74, 6) is 0. The van der Waals surface area contributed by atoms with Crippen molar-refractivity contribution in [3.63, 3.8) is 0 Å². The number of aryl methyl sites for hydroxylation is 1. The van der Waals surface area contributed by atoms with Crippen molar-refractivity contribution >= 4 is 11.3 Å². The SMILES string of the molecule is Cc1csc(CNC2CCCOCC2)n1. The number of thiazole rings is 1. The summed E-state index contributed by atoms with van der Waals surface area (Å²) in [5, 5.41) is 6.86. The van der Waals surface area contributed by atoms with Crippen LogP contribution in [0.5, 0.6) is 0 Å². The van der Waals surface area contributed by atoms with Crippen molar-refractivity contribution < 1.29 is 4.74 Å². The summed E-state index contributed by atoms with van der Waals surface area (Å²) in [6, 6.07) is 0.608. The molecule has 1 aliphatic rings. The van der Waals surface area contributed by atoms with Gasteiger partial charge in [0.25, 0.3) is 0 Å². The van der Waals surface area contributed by atoms with Crippen LogP contribution >= 0.6 is 11.3 Å². The molecule has 1 atom stereocenters. The van der Waals surface area contributed by atoms with Crippen molar-refractivity contribution in [1.82, 2.24) is 10.3 Å². The summed E-state index contributed by atoms with van der Waals surface area (Å²) in [7, 11) is 0. The zero-order valence-corrected chi connectivity index (χ0v) is 9.98. The summed E-state index contributed by atoms with van der Waals surface area (Å²) in [6.07, 6.45) is 3.53. The lowest BCUT2D eigenvalue weighted by atomic mass is 10.1. The van der Waals surface area contributed by atoms with E-state index in [1.165, 1.54) is 17.8 Å². The van der Waals surface area contributed by atoms with E-state index in [1.807, 2.05) is 6.92 Å². The van der Waals surface area contributed by atoms with Crippen LogP contribution in [-0.2, 0) is 11.3 Å². The van der Waals surface area contributed by atoms with E-state index in [1.54, 1.807) is 11.3 Å². The molecule has 1 saturated heterocycles. The topological polar surface area (TPSA) is 34.1 Å². The highest BCUT2D eigenvalue weighted by atomic mass is 32.1. The Hall–Kier alpha value is -0.450. The van der Waals surface area contributed by atoms with E-state index in [4.69, 9.17) is 4.74 Å². The van der Waals surface area contributed by atoms with E-state index >= 15 is 0 Å². The molecular weight excluding hydrogens is 208 g/mol. The molecule has 0 spiro atoms. The van der Waals surface area contributed by atoms with Gasteiger partial charge in [-0.3, -0.25) is 0 Å². The Morgan fingerprint density at radius 3 is 3.27 bits per heavy atom. The molecule has 15 heavy (non-hydrogen) atoms. The van der Waals surface area contributed by atoms with E-state index in [2.05, 4.69) is 15.7 Å². The summed E-state index contributed by atoms with van der Waals surface area (Å²) >= 11 is 1.74. The van der Waals surface area contributed by atoms with E-state index in [0.717, 1.165) is 31.9 Å². The van der Waals surface area contributed by atoms with Crippen LogP contribution in [0.1, 0.15) is 30.0 Å². The molecule has 0 saturated carbocycles. The third kappa shape index (κ3) is 3.55. The van der Waals surface area contributed by atoms with Crippen molar-refractivity contribution in [3.8, 4) is 0 Å². The minimum absolute atomic E-state index is 0.608.